The van der Waals surface area contributed by atoms with Gasteiger partial charge in [0.15, 0.2) is 36.2 Å². The van der Waals surface area contributed by atoms with Crippen LogP contribution < -0.4 is 67.8 Å². The van der Waals surface area contributed by atoms with E-state index in [-0.39, 0.29) is 65.7 Å². The topological polar surface area (TPSA) is 547 Å². The molecular weight excluding hydrogens is 1890 g/mol. The molecule has 736 valence electrons. The zero-order valence-corrected chi connectivity index (χ0v) is 78.9. The van der Waals surface area contributed by atoms with E-state index in [1.165, 1.54) is 37.4 Å². The smallest absolute Gasteiger partial charge is 0.330 e. The molecule has 9 aromatic carbocycles. The first-order chi connectivity index (χ1) is 66.1. The fourth-order valence-corrected chi connectivity index (χ4v) is 18.8. The molecule has 17 rings (SSSR count). The second-order valence-corrected chi connectivity index (χ2v) is 37.9. The van der Waals surface area contributed by atoms with E-state index in [1.807, 2.05) is 86.6 Å². The number of aliphatic carboxylic acids is 1. The third kappa shape index (κ3) is 22.6. The number of fused-ring (bicyclic) bond motifs is 15. The van der Waals surface area contributed by atoms with Crippen LogP contribution in [0.15, 0.2) is 176 Å². The Hall–Kier alpha value is -11.9. The van der Waals surface area contributed by atoms with Crippen LogP contribution in [0.2, 0.25) is 20.1 Å². The molecule has 7 amide bonds. The summed E-state index contributed by atoms with van der Waals surface area (Å²) in [5.41, 5.74) is 5.59. The van der Waals surface area contributed by atoms with E-state index in [0.717, 1.165) is 81.9 Å². The number of nitrogens with two attached hydrogens (primary N) is 1. The van der Waals surface area contributed by atoms with Gasteiger partial charge in [-0.05, 0) is 182 Å². The average molecular weight is 1990 g/mol. The van der Waals surface area contributed by atoms with Crippen LogP contribution in [0, 0.1) is 5.92 Å². The maximum Gasteiger partial charge on any atom is 0.330 e. The average Bonchev–Trinajstić information content (AvgIpc) is 0.755. The van der Waals surface area contributed by atoms with Crippen molar-refractivity contribution in [3.8, 4) is 79.4 Å². The number of halogens is 4. The van der Waals surface area contributed by atoms with Crippen molar-refractivity contribution in [3.63, 3.8) is 0 Å². The predicted molar refractivity (Wildman–Crippen MR) is 505 cm³/mol. The van der Waals surface area contributed by atoms with E-state index < -0.39 is 261 Å². The lowest BCUT2D eigenvalue weighted by Crippen LogP contribution is -2.65. The summed E-state index contributed by atoms with van der Waals surface area (Å²) >= 11 is 27.3. The number of carboxylic acids is 1. The van der Waals surface area contributed by atoms with Gasteiger partial charge in [-0.25, -0.2) is 4.79 Å². The Morgan fingerprint density at radius 1 is 0.554 bits per heavy atom. The molecule has 22 atom stereocenters. The van der Waals surface area contributed by atoms with Crippen LogP contribution in [-0.4, -0.2) is 215 Å². The zero-order chi connectivity index (χ0) is 99.7. The van der Waals surface area contributed by atoms with E-state index in [9.17, 15) is 65.4 Å². The maximum atomic E-state index is 16.8. The normalized spacial score (nSPS) is 27.9. The lowest BCUT2D eigenvalue weighted by molar-refractivity contribution is -0.334. The summed E-state index contributed by atoms with van der Waals surface area (Å²) in [7, 11) is 1.48. The first-order valence-electron chi connectivity index (χ1n) is 44.8. The number of aliphatic hydroxyl groups is 6. The Morgan fingerprint density at radius 3 is 1.59 bits per heavy atom. The highest BCUT2D eigenvalue weighted by Gasteiger charge is 2.54. The van der Waals surface area contributed by atoms with Crippen molar-refractivity contribution in [2.45, 2.75) is 214 Å². The number of phenols is 3. The second-order valence-electron chi connectivity index (χ2n) is 36.2. The van der Waals surface area contributed by atoms with Crippen LogP contribution in [0.1, 0.15) is 137 Å². The second kappa shape index (κ2) is 42.7. The summed E-state index contributed by atoms with van der Waals surface area (Å²) in [6.45, 7) is 9.48. The number of hydrogen-bond acceptors (Lipinski definition) is 28. The van der Waals surface area contributed by atoms with Gasteiger partial charge < -0.3 is 143 Å². The molecule has 8 aliphatic rings. The van der Waals surface area contributed by atoms with Crippen molar-refractivity contribution in [1.29, 1.82) is 0 Å². The van der Waals surface area contributed by atoms with Crippen LogP contribution in [0.25, 0.3) is 33.4 Å². The van der Waals surface area contributed by atoms with E-state index >= 15 is 24.0 Å². The van der Waals surface area contributed by atoms with Crippen LogP contribution in [0.3, 0.4) is 0 Å². The number of benzene rings is 9. The summed E-state index contributed by atoms with van der Waals surface area (Å²) in [4.78, 5) is 123. The number of phenolic OH excluding ortho intramolecular Hbond substituents is 3. The van der Waals surface area contributed by atoms with E-state index in [1.54, 1.807) is 52.0 Å². The molecule has 21 N–H and O–H groups in total. The maximum absolute atomic E-state index is 16.8. The van der Waals surface area contributed by atoms with Crippen molar-refractivity contribution in [2.75, 3.05) is 13.7 Å². The van der Waals surface area contributed by atoms with Crippen LogP contribution in [0.4, 0.5) is 0 Å². The Labute approximate surface area is 817 Å². The molecule has 0 spiro atoms. The van der Waals surface area contributed by atoms with Gasteiger partial charge >= 0.3 is 5.97 Å². The number of aromatic hydroxyl groups is 3. The van der Waals surface area contributed by atoms with Gasteiger partial charge in [0.1, 0.15) is 89.5 Å². The highest BCUT2D eigenvalue weighted by molar-refractivity contribution is 6.32. The molecule has 3 saturated heterocycles. The summed E-state index contributed by atoms with van der Waals surface area (Å²) in [5.74, 6) is -16.2. The molecule has 11 bridgehead atoms. The molecule has 8 aliphatic heterocycles. The van der Waals surface area contributed by atoms with Gasteiger partial charge in [0.05, 0.1) is 53.5 Å². The third-order valence-electron chi connectivity index (χ3n) is 25.7. The van der Waals surface area contributed by atoms with Gasteiger partial charge in [-0.2, -0.15) is 0 Å². The van der Waals surface area contributed by atoms with E-state index in [2.05, 4.69) is 47.9 Å². The summed E-state index contributed by atoms with van der Waals surface area (Å²) in [5, 5.41) is 144. The van der Waals surface area contributed by atoms with Crippen molar-refractivity contribution in [2.24, 2.45) is 11.7 Å². The number of ether oxygens (including phenoxy) is 8. The van der Waals surface area contributed by atoms with Gasteiger partial charge in [0, 0.05) is 69.8 Å². The van der Waals surface area contributed by atoms with Gasteiger partial charge in [-0.3, -0.25) is 33.6 Å². The summed E-state index contributed by atoms with van der Waals surface area (Å²) in [6, 6.07) is 29.4. The minimum Gasteiger partial charge on any atom is -0.508 e. The third-order valence-corrected chi connectivity index (χ3v) is 26.8. The van der Waals surface area contributed by atoms with Crippen LogP contribution in [-0.2, 0) is 75.1 Å². The van der Waals surface area contributed by atoms with Crippen molar-refractivity contribution < 1.29 is 127 Å². The zero-order valence-electron chi connectivity index (χ0n) is 75.9. The number of hydrogen-bond donors (Lipinski definition) is 20. The lowest BCUT2D eigenvalue weighted by atomic mass is 9.84. The standard InChI is InChI=1S/C99H106Cl4N10O26/c1-44(2)30-64(105-7)90(124)112-80-82(119)54-21-28-68(62(102)32-54)134-70-34-56-35-71(86(70)139-97-87(84(121)83(120)72(43-114)136-97)138-75-40-99(6,89(123)46(4)133-75)107-42-48-10-14-50(15-11-48)52-18-25-58(101)26-19-52)135-69-29-22-55(33-63(69)103)85(137-74-39-98(5,88(122)45(3)132-74)106-41-47-8-12-49(13-9-47)51-16-23-57(100)24-17-51)81-95(129)111-79(96(130)131)61-36-59(115)37-67(117)76(61)60-31-53(20-27-66(60)116)77(92(126)113-81)110-93(127)78(56)109-91(125)65(38-73(104)118)108-94(80)128/h8-29,31-37,44-46,64-65,72,74-75,77-85,87-89,97,105-107,114-117,119-123H,30,38-43H2,1-7H3,(H2,104,118)(H,108,128)(H,109,125)(H,110,127)(H,111,129)(H,112,124)(H,113,126)(H,130,131)/t45-,46-,64+,65-,72+,74-,75-,77+,78+,79-,80+,81-,82+,83+,84-,85+,87+,88-,89-,97-,98-,99-/m0/s1. The highest BCUT2D eigenvalue weighted by Crippen LogP contribution is 2.51. The number of carbonyl (C=O) groups excluding carboxylic acids is 7. The SMILES string of the molecule is CN[C@H](CC(C)C)C(=O)N[C@H]1C(=O)N[C@@H](CC(N)=O)C(=O)N[C@H]2C(=O)N[C@H]3C(=O)N[C@H](C(=O)N[C@H](C(=O)O)c4cc(O)cc(O)c4-c4cc3ccc4O)[C@H](O[C@H]3C[C@](C)(NCc4ccc(-c5ccc(Cl)cc5)cc4)[C@@H](O)[C@H](C)O3)c3ccc(c(Cl)c3)Oc3cc2cc(c3O[C@@H]2O[C@H](CO)[C@@H](O)[C@H](O)[C@H]2O[C@H]2C[C@](C)(NCc3ccc(-c4ccc(Cl)cc4)cc3)[C@@H](O)[C@H](C)O2)Oc2ccc(cc2Cl)[C@H]1O. The van der Waals surface area contributed by atoms with Gasteiger partial charge in [-0.1, -0.05) is 151 Å². The highest BCUT2D eigenvalue weighted by atomic mass is 35.5. The number of amides is 7. The molecule has 40 heteroatoms. The number of likely N-dealkylation sites (N-methyl/N-ethyl adjacent to an activating group) is 1. The fourth-order valence-electron chi connectivity index (χ4n) is 18.1. The van der Waals surface area contributed by atoms with Gasteiger partial charge in [0.2, 0.25) is 53.4 Å². The molecule has 0 unspecified atom stereocenters. The molecule has 0 aromatic heterocycles. The number of primary amides is 1. The first-order valence-corrected chi connectivity index (χ1v) is 46.3. The summed E-state index contributed by atoms with van der Waals surface area (Å²) < 4.78 is 53.9. The molecule has 8 heterocycles. The summed E-state index contributed by atoms with van der Waals surface area (Å²) in [6.07, 6.45) is -23.0. The number of aliphatic hydroxyl groups excluding tert-OH is 6. The largest absolute Gasteiger partial charge is 0.508 e. The Balaban J connectivity index is 0.907. The number of rotatable bonds is 23. The van der Waals surface area contributed by atoms with Crippen molar-refractivity contribution in [1.82, 2.24) is 47.9 Å². The van der Waals surface area contributed by atoms with Crippen molar-refractivity contribution >= 4 is 93.7 Å². The number of nitrogens with one attached hydrogen (secondary N) is 9. The molecule has 0 saturated carbocycles. The molecule has 9 aromatic rings. The van der Waals surface area contributed by atoms with E-state index in [4.69, 9.17) is 90.0 Å². The molecule has 0 aliphatic carbocycles. The molecule has 139 heavy (non-hydrogen) atoms. The Bertz CT molecular complexity index is 6100. The Kier molecular flexibility index (Phi) is 31.2. The van der Waals surface area contributed by atoms with Crippen LogP contribution in [0.5, 0.6) is 46.0 Å². The minimum absolute atomic E-state index is 0.127. The fraction of sp³-hybridized carbons (Fsp3) is 0.374. The van der Waals surface area contributed by atoms with Gasteiger partial charge in [-0.15, -0.1) is 0 Å². The molecular formula is C99H106Cl4N10O26. The van der Waals surface area contributed by atoms with E-state index in [0.29, 0.717) is 10.0 Å². The molecule has 36 nitrogen and oxygen atoms in total. The predicted octanol–water partition coefficient (Wildman–Crippen LogP) is 8.65. The van der Waals surface area contributed by atoms with Crippen LogP contribution >= 0.6 is 46.4 Å². The number of carboxylic acid groups (broad SMARTS) is 1. The minimum atomic E-state index is -2.42. The Morgan fingerprint density at radius 2 is 1.06 bits per heavy atom. The monoisotopic (exact) mass is 1990 g/mol. The van der Waals surface area contributed by atoms with Gasteiger partial charge in [0.25, 0.3) is 0 Å². The molecule has 0 radical (unpaired) electrons. The first kappa shape index (κ1) is 102. The quantitative estimate of drug-likeness (QED) is 0.0285. The van der Waals surface area contributed by atoms with Crippen molar-refractivity contribution in [3.05, 3.63) is 235 Å². The lowest BCUT2D eigenvalue weighted by Gasteiger charge is -2.48. The molecule has 3 fully saturated rings. The number of carbonyl (C=O) groups is 8.